The second kappa shape index (κ2) is 6.89. The number of halogens is 1. The first-order valence-electron chi connectivity index (χ1n) is 8.53. The number of unbranched alkanes of at least 4 members (excludes halogenated alkanes) is 1. The van der Waals surface area contributed by atoms with Crippen molar-refractivity contribution in [3.63, 3.8) is 0 Å². The lowest BCUT2D eigenvalue weighted by Gasteiger charge is -2.27. The smallest absolute Gasteiger partial charge is 0.123 e. The predicted octanol–water partition coefficient (Wildman–Crippen LogP) is 3.88. The molecule has 3 atom stereocenters. The lowest BCUT2D eigenvalue weighted by atomic mass is 9.98. The van der Waals surface area contributed by atoms with E-state index in [2.05, 4.69) is 17.1 Å². The van der Waals surface area contributed by atoms with Crippen molar-refractivity contribution in [2.75, 3.05) is 13.1 Å². The summed E-state index contributed by atoms with van der Waals surface area (Å²) in [7, 11) is 0. The maximum Gasteiger partial charge on any atom is 0.123 e. The van der Waals surface area contributed by atoms with E-state index < -0.39 is 0 Å². The average molecular weight is 290 g/mol. The van der Waals surface area contributed by atoms with Gasteiger partial charge >= 0.3 is 0 Å². The molecule has 2 aliphatic heterocycles. The van der Waals surface area contributed by atoms with Gasteiger partial charge in [-0.1, -0.05) is 31.9 Å². The van der Waals surface area contributed by atoms with Gasteiger partial charge in [-0.25, -0.2) is 4.39 Å². The van der Waals surface area contributed by atoms with Crippen LogP contribution in [0.15, 0.2) is 24.3 Å². The van der Waals surface area contributed by atoms with Crippen molar-refractivity contribution in [1.82, 2.24) is 10.2 Å². The van der Waals surface area contributed by atoms with Crippen LogP contribution in [-0.2, 0) is 0 Å². The number of rotatable bonds is 6. The van der Waals surface area contributed by atoms with E-state index in [4.69, 9.17) is 0 Å². The summed E-state index contributed by atoms with van der Waals surface area (Å²) in [5.74, 6) is -0.143. The van der Waals surface area contributed by atoms with Gasteiger partial charge in [0.1, 0.15) is 5.82 Å². The highest BCUT2D eigenvalue weighted by atomic mass is 19.1. The van der Waals surface area contributed by atoms with Crippen molar-refractivity contribution in [2.45, 2.75) is 63.6 Å². The van der Waals surface area contributed by atoms with E-state index in [0.29, 0.717) is 12.1 Å². The Hall–Kier alpha value is -0.930. The average Bonchev–Trinajstić information content (AvgIpc) is 3.09. The number of fused-ring (bicyclic) bond motifs is 1. The molecular weight excluding hydrogens is 263 g/mol. The van der Waals surface area contributed by atoms with Crippen molar-refractivity contribution in [3.05, 3.63) is 35.6 Å². The van der Waals surface area contributed by atoms with Crippen LogP contribution in [0.2, 0.25) is 0 Å². The highest BCUT2D eigenvalue weighted by Gasteiger charge is 2.37. The minimum absolute atomic E-state index is 0.143. The van der Waals surface area contributed by atoms with Gasteiger partial charge < -0.3 is 5.32 Å². The van der Waals surface area contributed by atoms with Crippen LogP contribution >= 0.6 is 0 Å². The van der Waals surface area contributed by atoms with E-state index in [1.165, 1.54) is 50.8 Å². The minimum atomic E-state index is -0.143. The van der Waals surface area contributed by atoms with E-state index in [1.807, 2.05) is 12.1 Å². The van der Waals surface area contributed by atoms with Crippen LogP contribution < -0.4 is 5.32 Å². The van der Waals surface area contributed by atoms with Crippen molar-refractivity contribution in [1.29, 1.82) is 0 Å². The molecule has 0 aromatic heterocycles. The number of nitrogens with one attached hydrogen (secondary N) is 1. The number of hydrogen-bond acceptors (Lipinski definition) is 2. The van der Waals surface area contributed by atoms with Crippen LogP contribution in [0.5, 0.6) is 0 Å². The molecule has 3 heteroatoms. The Bertz CT molecular complexity index is 445. The molecule has 21 heavy (non-hydrogen) atoms. The second-order valence-corrected chi connectivity index (χ2v) is 6.55. The summed E-state index contributed by atoms with van der Waals surface area (Å²) in [5.41, 5.74) is 1.24. The summed E-state index contributed by atoms with van der Waals surface area (Å²) in [6.45, 7) is 4.75. The minimum Gasteiger partial charge on any atom is -0.306 e. The Labute approximate surface area is 127 Å². The van der Waals surface area contributed by atoms with E-state index in [0.717, 1.165) is 12.5 Å². The SMILES string of the molecule is CCCCC(NC1CCN2CCCC12)c1ccc(F)cc1. The van der Waals surface area contributed by atoms with Crippen molar-refractivity contribution in [2.24, 2.45) is 0 Å². The van der Waals surface area contributed by atoms with Crippen LogP contribution in [0, 0.1) is 5.82 Å². The Morgan fingerprint density at radius 1 is 1.24 bits per heavy atom. The van der Waals surface area contributed by atoms with Gasteiger partial charge in [0.15, 0.2) is 0 Å². The predicted molar refractivity (Wildman–Crippen MR) is 84.8 cm³/mol. The van der Waals surface area contributed by atoms with Gasteiger partial charge in [-0.15, -0.1) is 0 Å². The van der Waals surface area contributed by atoms with E-state index in [9.17, 15) is 4.39 Å². The second-order valence-electron chi connectivity index (χ2n) is 6.55. The molecule has 0 bridgehead atoms. The third-order valence-corrected chi connectivity index (χ3v) is 5.14. The van der Waals surface area contributed by atoms with Gasteiger partial charge in [-0.2, -0.15) is 0 Å². The summed E-state index contributed by atoms with van der Waals surface area (Å²) in [4.78, 5) is 2.64. The Morgan fingerprint density at radius 2 is 2.05 bits per heavy atom. The van der Waals surface area contributed by atoms with Crippen molar-refractivity contribution < 1.29 is 4.39 Å². The fourth-order valence-electron chi connectivity index (χ4n) is 3.98. The van der Waals surface area contributed by atoms with Crippen molar-refractivity contribution >= 4 is 0 Å². The first kappa shape index (κ1) is 15.0. The Morgan fingerprint density at radius 3 is 2.81 bits per heavy atom. The molecule has 0 aliphatic carbocycles. The van der Waals surface area contributed by atoms with Gasteiger partial charge in [0, 0.05) is 24.7 Å². The number of hydrogen-bond donors (Lipinski definition) is 1. The molecule has 2 nitrogen and oxygen atoms in total. The highest BCUT2D eigenvalue weighted by Crippen LogP contribution is 2.30. The third kappa shape index (κ3) is 3.46. The molecule has 2 saturated heterocycles. The normalized spacial score (nSPS) is 27.0. The van der Waals surface area contributed by atoms with Gasteiger partial charge in [0.25, 0.3) is 0 Å². The summed E-state index contributed by atoms with van der Waals surface area (Å²) in [6.07, 6.45) is 7.51. The molecule has 2 aliphatic rings. The quantitative estimate of drug-likeness (QED) is 0.855. The maximum atomic E-state index is 13.2. The summed E-state index contributed by atoms with van der Waals surface area (Å²) in [6, 6.07) is 8.79. The zero-order chi connectivity index (χ0) is 14.7. The Balaban J connectivity index is 1.68. The first-order chi connectivity index (χ1) is 10.3. The molecule has 2 heterocycles. The van der Waals surface area contributed by atoms with Gasteiger partial charge in [0.05, 0.1) is 0 Å². The largest absolute Gasteiger partial charge is 0.306 e. The molecule has 1 N–H and O–H groups in total. The third-order valence-electron chi connectivity index (χ3n) is 5.14. The molecule has 0 spiro atoms. The molecule has 3 unspecified atom stereocenters. The number of benzene rings is 1. The molecule has 2 fully saturated rings. The van der Waals surface area contributed by atoms with Crippen LogP contribution in [0.25, 0.3) is 0 Å². The van der Waals surface area contributed by atoms with Crippen LogP contribution in [0.4, 0.5) is 4.39 Å². The van der Waals surface area contributed by atoms with Gasteiger partial charge in [-0.3, -0.25) is 4.90 Å². The zero-order valence-corrected chi connectivity index (χ0v) is 13.0. The molecule has 1 aromatic rings. The summed E-state index contributed by atoms with van der Waals surface area (Å²) >= 11 is 0. The fraction of sp³-hybridized carbons (Fsp3) is 0.667. The number of nitrogens with zero attached hydrogens (tertiary/aromatic N) is 1. The Kier molecular flexibility index (Phi) is 4.91. The van der Waals surface area contributed by atoms with Gasteiger partial charge in [-0.05, 0) is 49.9 Å². The molecule has 1 aromatic carbocycles. The van der Waals surface area contributed by atoms with Crippen LogP contribution in [0.1, 0.15) is 57.1 Å². The summed E-state index contributed by atoms with van der Waals surface area (Å²) in [5, 5.41) is 3.89. The molecule has 0 saturated carbocycles. The lowest BCUT2D eigenvalue weighted by molar-refractivity contribution is 0.285. The molecule has 3 rings (SSSR count). The fourth-order valence-corrected chi connectivity index (χ4v) is 3.98. The van der Waals surface area contributed by atoms with Gasteiger partial charge in [0.2, 0.25) is 0 Å². The van der Waals surface area contributed by atoms with E-state index in [-0.39, 0.29) is 5.82 Å². The highest BCUT2D eigenvalue weighted by molar-refractivity contribution is 5.20. The summed E-state index contributed by atoms with van der Waals surface area (Å²) < 4.78 is 13.2. The van der Waals surface area contributed by atoms with E-state index in [1.54, 1.807) is 12.1 Å². The first-order valence-corrected chi connectivity index (χ1v) is 8.53. The van der Waals surface area contributed by atoms with Crippen LogP contribution in [-0.4, -0.2) is 30.1 Å². The lowest BCUT2D eigenvalue weighted by Crippen LogP contribution is -2.41. The molecule has 0 amide bonds. The molecule has 0 radical (unpaired) electrons. The standard InChI is InChI=1S/C18H27FN2/c1-2-3-5-16(14-7-9-15(19)10-8-14)20-17-11-13-21-12-4-6-18(17)21/h7-10,16-18,20H,2-6,11-13H2,1H3. The molecule has 116 valence electrons. The van der Waals surface area contributed by atoms with Crippen LogP contribution in [0.3, 0.4) is 0 Å². The monoisotopic (exact) mass is 290 g/mol. The zero-order valence-electron chi connectivity index (χ0n) is 13.0. The topological polar surface area (TPSA) is 15.3 Å². The van der Waals surface area contributed by atoms with E-state index >= 15 is 0 Å². The van der Waals surface area contributed by atoms with Crippen molar-refractivity contribution in [3.8, 4) is 0 Å². The molecular formula is C18H27FN2. The maximum absolute atomic E-state index is 13.2.